The predicted octanol–water partition coefficient (Wildman–Crippen LogP) is 4.02. The molecular weight excluding hydrogens is 262 g/mol. The van der Waals surface area contributed by atoms with Gasteiger partial charge in [-0.2, -0.15) is 0 Å². The average Bonchev–Trinajstić information content (AvgIpc) is 2.96. The molecule has 1 heterocycles. The molecule has 1 aliphatic heterocycles. The number of hydrogen-bond donors (Lipinski definition) is 0. The fraction of sp³-hybridized carbons (Fsp3) is 0.611. The largest absolute Gasteiger partial charge is 0.442 e. The van der Waals surface area contributed by atoms with Gasteiger partial charge in [-0.05, 0) is 44.1 Å². The highest BCUT2D eigenvalue weighted by atomic mass is 16.6. The zero-order valence-electron chi connectivity index (χ0n) is 12.9. The molecule has 0 aromatic heterocycles. The van der Waals surface area contributed by atoms with E-state index in [2.05, 4.69) is 19.1 Å². The minimum atomic E-state index is -0.144. The lowest BCUT2D eigenvalue weighted by atomic mass is 9.82. The highest BCUT2D eigenvalue weighted by Gasteiger charge is 2.48. The molecule has 3 nitrogen and oxygen atoms in total. The maximum Gasteiger partial charge on any atom is 0.410 e. The molecule has 21 heavy (non-hydrogen) atoms. The Hall–Kier alpha value is -1.51. The van der Waals surface area contributed by atoms with E-state index in [4.69, 9.17) is 4.74 Å². The summed E-state index contributed by atoms with van der Waals surface area (Å²) < 4.78 is 5.93. The summed E-state index contributed by atoms with van der Waals surface area (Å²) in [6.45, 7) is 3.84. The van der Waals surface area contributed by atoms with Gasteiger partial charge in [0.25, 0.3) is 0 Å². The zero-order valence-corrected chi connectivity index (χ0v) is 12.9. The Bertz CT molecular complexity index is 479. The quantitative estimate of drug-likeness (QED) is 0.837. The molecule has 3 heteroatoms. The first-order chi connectivity index (χ1) is 10.2. The topological polar surface area (TPSA) is 29.5 Å². The van der Waals surface area contributed by atoms with Crippen LogP contribution in [0.4, 0.5) is 4.79 Å². The number of carbonyl (C=O) groups is 1. The van der Waals surface area contributed by atoms with Crippen LogP contribution in [0.3, 0.4) is 0 Å². The summed E-state index contributed by atoms with van der Waals surface area (Å²) in [5, 5.41) is 0. The molecule has 1 aromatic carbocycles. The van der Waals surface area contributed by atoms with Gasteiger partial charge in [0.15, 0.2) is 0 Å². The summed E-state index contributed by atoms with van der Waals surface area (Å²) >= 11 is 0. The SMILES string of the molecule is CCC1CN(CCc2ccccc2)C(=O)OC12CCCC2. The van der Waals surface area contributed by atoms with E-state index in [-0.39, 0.29) is 11.7 Å². The Morgan fingerprint density at radius 3 is 2.62 bits per heavy atom. The standard InChI is InChI=1S/C18H25NO2/c1-2-16-14-19(13-10-15-8-4-3-5-9-15)17(20)21-18(16)11-6-7-12-18/h3-5,8-9,16H,2,6-7,10-14H2,1H3. The second-order valence-electron chi connectivity index (χ2n) is 6.43. The van der Waals surface area contributed by atoms with Crippen LogP contribution < -0.4 is 0 Å². The van der Waals surface area contributed by atoms with Crippen LogP contribution in [0.25, 0.3) is 0 Å². The summed E-state index contributed by atoms with van der Waals surface area (Å²) in [6.07, 6.45) is 6.42. The van der Waals surface area contributed by atoms with Crippen molar-refractivity contribution in [2.45, 2.75) is 51.0 Å². The van der Waals surface area contributed by atoms with Crippen LogP contribution in [0.1, 0.15) is 44.6 Å². The number of hydrogen-bond acceptors (Lipinski definition) is 2. The number of nitrogens with zero attached hydrogens (tertiary/aromatic N) is 1. The smallest absolute Gasteiger partial charge is 0.410 e. The number of ether oxygens (including phenoxy) is 1. The molecule has 1 saturated heterocycles. The molecule has 1 amide bonds. The van der Waals surface area contributed by atoms with Gasteiger partial charge in [-0.3, -0.25) is 0 Å². The number of amides is 1. The summed E-state index contributed by atoms with van der Waals surface area (Å²) in [5.41, 5.74) is 1.13. The third-order valence-electron chi connectivity index (χ3n) is 5.19. The lowest BCUT2D eigenvalue weighted by molar-refractivity contribution is -0.0858. The van der Waals surface area contributed by atoms with Crippen molar-refractivity contribution in [3.63, 3.8) is 0 Å². The first kappa shape index (κ1) is 14.4. The van der Waals surface area contributed by atoms with Crippen LogP contribution in [-0.4, -0.2) is 29.7 Å². The lowest BCUT2D eigenvalue weighted by Gasteiger charge is -2.45. The van der Waals surface area contributed by atoms with E-state index in [0.717, 1.165) is 38.8 Å². The van der Waals surface area contributed by atoms with Crippen molar-refractivity contribution in [2.24, 2.45) is 5.92 Å². The van der Waals surface area contributed by atoms with Crippen LogP contribution >= 0.6 is 0 Å². The molecule has 1 saturated carbocycles. The van der Waals surface area contributed by atoms with E-state index >= 15 is 0 Å². The van der Waals surface area contributed by atoms with Crippen LogP contribution in [0.5, 0.6) is 0 Å². The molecule has 114 valence electrons. The van der Waals surface area contributed by atoms with Crippen molar-refractivity contribution < 1.29 is 9.53 Å². The molecule has 3 rings (SSSR count). The average molecular weight is 287 g/mol. The normalized spacial score (nSPS) is 24.3. The molecule has 0 N–H and O–H groups in total. The molecule has 0 radical (unpaired) electrons. The highest BCUT2D eigenvalue weighted by Crippen LogP contribution is 2.43. The minimum Gasteiger partial charge on any atom is -0.442 e. The summed E-state index contributed by atoms with van der Waals surface area (Å²) in [7, 11) is 0. The maximum atomic E-state index is 12.3. The molecular formula is C18H25NO2. The van der Waals surface area contributed by atoms with Gasteiger partial charge in [0, 0.05) is 19.0 Å². The molecule has 2 fully saturated rings. The molecule has 0 bridgehead atoms. The van der Waals surface area contributed by atoms with Crippen molar-refractivity contribution in [3.05, 3.63) is 35.9 Å². The zero-order chi connectivity index (χ0) is 14.7. The number of rotatable bonds is 4. The van der Waals surface area contributed by atoms with Gasteiger partial charge in [-0.25, -0.2) is 4.79 Å². The van der Waals surface area contributed by atoms with Gasteiger partial charge in [0.1, 0.15) is 5.60 Å². The van der Waals surface area contributed by atoms with E-state index in [1.165, 1.54) is 18.4 Å². The Balaban J connectivity index is 1.63. The van der Waals surface area contributed by atoms with E-state index in [9.17, 15) is 4.79 Å². The molecule has 2 aliphatic rings. The van der Waals surface area contributed by atoms with Crippen LogP contribution in [0, 0.1) is 5.92 Å². The van der Waals surface area contributed by atoms with Crippen molar-refractivity contribution in [1.82, 2.24) is 4.90 Å². The Morgan fingerprint density at radius 2 is 1.95 bits per heavy atom. The summed E-state index contributed by atoms with van der Waals surface area (Å²) in [6, 6.07) is 10.4. The van der Waals surface area contributed by atoms with Crippen molar-refractivity contribution >= 4 is 6.09 Å². The predicted molar refractivity (Wildman–Crippen MR) is 83.2 cm³/mol. The molecule has 1 aromatic rings. The van der Waals surface area contributed by atoms with Gasteiger partial charge in [-0.15, -0.1) is 0 Å². The monoisotopic (exact) mass is 287 g/mol. The Kier molecular flexibility index (Phi) is 4.18. The van der Waals surface area contributed by atoms with E-state index in [1.807, 2.05) is 23.1 Å². The first-order valence-electron chi connectivity index (χ1n) is 8.25. The van der Waals surface area contributed by atoms with Gasteiger partial charge in [-0.1, -0.05) is 37.3 Å². The van der Waals surface area contributed by atoms with E-state index < -0.39 is 0 Å². The Labute approximate surface area is 127 Å². The van der Waals surface area contributed by atoms with Crippen LogP contribution in [0.2, 0.25) is 0 Å². The second kappa shape index (κ2) is 6.08. The van der Waals surface area contributed by atoms with Gasteiger partial charge >= 0.3 is 6.09 Å². The third kappa shape index (κ3) is 2.92. The van der Waals surface area contributed by atoms with Crippen LogP contribution in [-0.2, 0) is 11.2 Å². The van der Waals surface area contributed by atoms with Gasteiger partial charge in [0.05, 0.1) is 0 Å². The second-order valence-corrected chi connectivity index (χ2v) is 6.43. The van der Waals surface area contributed by atoms with Gasteiger partial charge in [0.2, 0.25) is 0 Å². The lowest BCUT2D eigenvalue weighted by Crippen LogP contribution is -2.55. The maximum absolute atomic E-state index is 12.3. The molecule has 1 aliphatic carbocycles. The molecule has 1 atom stereocenters. The first-order valence-corrected chi connectivity index (χ1v) is 8.25. The highest BCUT2D eigenvalue weighted by molar-refractivity contribution is 5.69. The fourth-order valence-corrected chi connectivity index (χ4v) is 3.90. The molecule has 1 spiro atoms. The number of carbonyl (C=O) groups excluding carboxylic acids is 1. The third-order valence-corrected chi connectivity index (χ3v) is 5.19. The summed E-state index contributed by atoms with van der Waals surface area (Å²) in [5.74, 6) is 0.494. The Morgan fingerprint density at radius 1 is 1.24 bits per heavy atom. The van der Waals surface area contributed by atoms with Crippen molar-refractivity contribution in [3.8, 4) is 0 Å². The van der Waals surface area contributed by atoms with Crippen molar-refractivity contribution in [1.29, 1.82) is 0 Å². The van der Waals surface area contributed by atoms with Crippen LogP contribution in [0.15, 0.2) is 30.3 Å². The van der Waals surface area contributed by atoms with Crippen molar-refractivity contribution in [2.75, 3.05) is 13.1 Å². The van der Waals surface area contributed by atoms with E-state index in [0.29, 0.717) is 5.92 Å². The minimum absolute atomic E-state index is 0.0995. The fourth-order valence-electron chi connectivity index (χ4n) is 3.90. The number of benzene rings is 1. The van der Waals surface area contributed by atoms with E-state index in [1.54, 1.807) is 0 Å². The van der Waals surface area contributed by atoms with Gasteiger partial charge < -0.3 is 9.64 Å². The molecule has 1 unspecified atom stereocenters. The summed E-state index contributed by atoms with van der Waals surface area (Å²) in [4.78, 5) is 14.2.